The summed E-state index contributed by atoms with van der Waals surface area (Å²) in [5, 5.41) is 2.50. The Morgan fingerprint density at radius 1 is 0.800 bits per heavy atom. The van der Waals surface area contributed by atoms with E-state index < -0.39 is 0 Å². The van der Waals surface area contributed by atoms with Gasteiger partial charge in [0.1, 0.15) is 0 Å². The zero-order valence-corrected chi connectivity index (χ0v) is 12.5. The van der Waals surface area contributed by atoms with Crippen molar-refractivity contribution in [2.45, 2.75) is 20.8 Å². The fourth-order valence-corrected chi connectivity index (χ4v) is 2.84. The lowest BCUT2D eigenvalue weighted by Crippen LogP contribution is -2.09. The third-order valence-corrected chi connectivity index (χ3v) is 3.61. The minimum atomic E-state index is 1.07. The number of aryl methyl sites for hydroxylation is 3. The van der Waals surface area contributed by atoms with Gasteiger partial charge in [0.15, 0.2) is 7.85 Å². The van der Waals surface area contributed by atoms with Gasteiger partial charge < -0.3 is 0 Å². The molecule has 1 heterocycles. The van der Waals surface area contributed by atoms with Crippen molar-refractivity contribution in [2.24, 2.45) is 0 Å². The molecule has 2 aromatic carbocycles. The molecule has 1 aromatic heterocycles. The molecule has 0 atom stereocenters. The quantitative estimate of drug-likeness (QED) is 0.612. The maximum absolute atomic E-state index is 4.78. The van der Waals surface area contributed by atoms with E-state index >= 15 is 0 Å². The molecular formula is C18H18BN. The zero-order chi connectivity index (χ0) is 14.3. The molecule has 0 unspecified atom stereocenters. The van der Waals surface area contributed by atoms with Crippen LogP contribution in [-0.2, 0) is 0 Å². The van der Waals surface area contributed by atoms with E-state index in [4.69, 9.17) is 4.98 Å². The molecule has 0 N–H and O–H groups in total. The van der Waals surface area contributed by atoms with Crippen LogP contribution in [0.3, 0.4) is 0 Å². The van der Waals surface area contributed by atoms with Crippen molar-refractivity contribution in [3.63, 3.8) is 0 Å². The minimum Gasteiger partial charge on any atom is -0.263 e. The molecule has 0 spiro atoms. The Hall–Kier alpha value is -2.09. The van der Waals surface area contributed by atoms with E-state index in [1.165, 1.54) is 33.0 Å². The molecule has 2 heteroatoms. The highest BCUT2D eigenvalue weighted by atomic mass is 14.7. The van der Waals surface area contributed by atoms with Gasteiger partial charge in [-0.15, -0.1) is 0 Å². The van der Waals surface area contributed by atoms with Crippen LogP contribution >= 0.6 is 0 Å². The molecule has 0 saturated carbocycles. The van der Waals surface area contributed by atoms with Crippen LogP contribution in [-0.4, -0.2) is 12.8 Å². The van der Waals surface area contributed by atoms with Gasteiger partial charge in [0.05, 0.1) is 5.69 Å². The highest BCUT2D eigenvalue weighted by Gasteiger charge is 2.08. The van der Waals surface area contributed by atoms with Crippen LogP contribution < -0.4 is 5.59 Å². The van der Waals surface area contributed by atoms with Gasteiger partial charge in [-0.05, 0) is 49.9 Å². The Bertz CT molecular complexity index is 780. The Morgan fingerprint density at radius 2 is 1.50 bits per heavy atom. The lowest BCUT2D eigenvalue weighted by molar-refractivity contribution is 1.35. The van der Waals surface area contributed by atoms with Crippen LogP contribution in [0, 0.1) is 20.8 Å². The molecular weight excluding hydrogens is 241 g/mol. The molecule has 3 aromatic rings. The lowest BCUT2D eigenvalue weighted by Gasteiger charge is -2.10. The molecule has 20 heavy (non-hydrogen) atoms. The number of nitrogens with zero attached hydrogens (tertiary/aromatic N) is 1. The van der Waals surface area contributed by atoms with E-state index in [1.807, 2.05) is 0 Å². The Labute approximate surface area is 121 Å². The second-order valence-corrected chi connectivity index (χ2v) is 5.71. The van der Waals surface area contributed by atoms with E-state index in [2.05, 4.69) is 71.1 Å². The molecule has 0 fully saturated rings. The molecule has 1 nitrogen and oxygen atoms in total. The molecule has 0 aliphatic heterocycles. The molecule has 0 aliphatic rings. The molecule has 0 amide bonds. The smallest absolute Gasteiger partial charge is 0.163 e. The third-order valence-electron chi connectivity index (χ3n) is 3.61. The SMILES string of the molecule is Bc1cc2cc(C)ccc2c(-c2cc(C)cc(C)c2)n1. The summed E-state index contributed by atoms with van der Waals surface area (Å²) >= 11 is 0. The second-order valence-electron chi connectivity index (χ2n) is 5.71. The summed E-state index contributed by atoms with van der Waals surface area (Å²) in [5.41, 5.74) is 7.21. The van der Waals surface area contributed by atoms with Gasteiger partial charge in [0, 0.05) is 10.9 Å². The van der Waals surface area contributed by atoms with Gasteiger partial charge in [-0.3, -0.25) is 4.98 Å². The van der Waals surface area contributed by atoms with Crippen molar-refractivity contribution in [3.05, 3.63) is 59.2 Å². The fourth-order valence-electron chi connectivity index (χ4n) is 2.84. The van der Waals surface area contributed by atoms with E-state index in [9.17, 15) is 0 Å². The van der Waals surface area contributed by atoms with Crippen LogP contribution in [0.1, 0.15) is 16.7 Å². The first-order valence-electron chi connectivity index (χ1n) is 6.99. The monoisotopic (exact) mass is 259 g/mol. The van der Waals surface area contributed by atoms with Crippen molar-refractivity contribution in [1.29, 1.82) is 0 Å². The first kappa shape index (κ1) is 12.9. The highest BCUT2D eigenvalue weighted by molar-refractivity contribution is 6.32. The fraction of sp³-hybridized carbons (Fsp3) is 0.167. The van der Waals surface area contributed by atoms with Gasteiger partial charge in [-0.1, -0.05) is 41.0 Å². The largest absolute Gasteiger partial charge is 0.263 e. The van der Waals surface area contributed by atoms with E-state index in [0.29, 0.717) is 0 Å². The summed E-state index contributed by atoms with van der Waals surface area (Å²) in [6.45, 7) is 6.41. The van der Waals surface area contributed by atoms with Crippen LogP contribution in [0.5, 0.6) is 0 Å². The number of benzene rings is 2. The van der Waals surface area contributed by atoms with Gasteiger partial charge in [-0.25, -0.2) is 0 Å². The summed E-state index contributed by atoms with van der Waals surface area (Å²) in [5.74, 6) is 0. The first-order chi connectivity index (χ1) is 9.52. The molecule has 0 bridgehead atoms. The second kappa shape index (κ2) is 4.79. The molecule has 3 rings (SSSR count). The number of aromatic nitrogens is 1. The van der Waals surface area contributed by atoms with Gasteiger partial charge in [-0.2, -0.15) is 0 Å². The zero-order valence-electron chi connectivity index (χ0n) is 12.5. The number of hydrogen-bond acceptors (Lipinski definition) is 1. The first-order valence-corrected chi connectivity index (χ1v) is 6.99. The highest BCUT2D eigenvalue weighted by Crippen LogP contribution is 2.27. The van der Waals surface area contributed by atoms with E-state index in [-0.39, 0.29) is 0 Å². The summed E-state index contributed by atoms with van der Waals surface area (Å²) < 4.78 is 0. The summed E-state index contributed by atoms with van der Waals surface area (Å²) in [4.78, 5) is 4.78. The van der Waals surface area contributed by atoms with E-state index in [1.54, 1.807) is 0 Å². The van der Waals surface area contributed by atoms with Crippen LogP contribution in [0.4, 0.5) is 0 Å². The van der Waals surface area contributed by atoms with Crippen molar-refractivity contribution >= 4 is 24.2 Å². The van der Waals surface area contributed by atoms with Gasteiger partial charge in [0.2, 0.25) is 0 Å². The Morgan fingerprint density at radius 3 is 2.20 bits per heavy atom. The van der Waals surface area contributed by atoms with Crippen molar-refractivity contribution in [3.8, 4) is 11.3 Å². The van der Waals surface area contributed by atoms with Crippen molar-refractivity contribution in [2.75, 3.05) is 0 Å². The van der Waals surface area contributed by atoms with E-state index in [0.717, 1.165) is 11.3 Å². The van der Waals surface area contributed by atoms with Gasteiger partial charge in [0.25, 0.3) is 0 Å². The van der Waals surface area contributed by atoms with Crippen LogP contribution in [0.2, 0.25) is 0 Å². The molecule has 0 aliphatic carbocycles. The molecule has 0 radical (unpaired) electrons. The average molecular weight is 259 g/mol. The van der Waals surface area contributed by atoms with Gasteiger partial charge >= 0.3 is 0 Å². The normalized spacial score (nSPS) is 10.9. The predicted molar refractivity (Wildman–Crippen MR) is 89.6 cm³/mol. The number of hydrogen-bond donors (Lipinski definition) is 0. The topological polar surface area (TPSA) is 12.9 Å². The Balaban J connectivity index is 2.35. The van der Waals surface area contributed by atoms with Crippen LogP contribution in [0.25, 0.3) is 22.0 Å². The van der Waals surface area contributed by atoms with Crippen molar-refractivity contribution < 1.29 is 0 Å². The maximum atomic E-state index is 4.78. The average Bonchev–Trinajstić information content (AvgIpc) is 2.36. The molecule has 98 valence electrons. The standard InChI is InChI=1S/C18H18BN/c1-11-4-5-16-14(7-11)10-17(19)20-18(16)15-8-12(2)6-13(3)9-15/h4-10H,19H2,1-3H3. The minimum absolute atomic E-state index is 1.07. The van der Waals surface area contributed by atoms with Crippen molar-refractivity contribution in [1.82, 2.24) is 4.98 Å². The lowest BCUT2D eigenvalue weighted by atomic mass is 9.95. The summed E-state index contributed by atoms with van der Waals surface area (Å²) in [7, 11) is 2.06. The molecule has 0 saturated heterocycles. The number of pyridine rings is 1. The number of fused-ring (bicyclic) bond motifs is 1. The maximum Gasteiger partial charge on any atom is 0.163 e. The number of rotatable bonds is 1. The third kappa shape index (κ3) is 2.34. The summed E-state index contributed by atoms with van der Waals surface area (Å²) in [6.07, 6.45) is 0. The predicted octanol–water partition coefficient (Wildman–Crippen LogP) is 3.09. The summed E-state index contributed by atoms with van der Waals surface area (Å²) in [6, 6.07) is 15.4. The van der Waals surface area contributed by atoms with Crippen LogP contribution in [0.15, 0.2) is 42.5 Å². The Kier molecular flexibility index (Phi) is 3.09.